The van der Waals surface area contributed by atoms with Crippen molar-refractivity contribution in [2.24, 2.45) is 11.3 Å². The largest absolute Gasteiger partial charge is 0.481 e. The summed E-state index contributed by atoms with van der Waals surface area (Å²) in [6.07, 6.45) is 5.08. The lowest BCUT2D eigenvalue weighted by Crippen LogP contribution is -2.61. The van der Waals surface area contributed by atoms with Gasteiger partial charge >= 0.3 is 5.97 Å². The van der Waals surface area contributed by atoms with Crippen LogP contribution < -0.4 is 5.32 Å². The molecule has 0 aromatic carbocycles. The van der Waals surface area contributed by atoms with Crippen molar-refractivity contribution in [1.29, 1.82) is 0 Å². The predicted molar refractivity (Wildman–Crippen MR) is 91.6 cm³/mol. The monoisotopic (exact) mass is 339 g/mol. The second-order valence-electron chi connectivity index (χ2n) is 8.25. The van der Waals surface area contributed by atoms with E-state index in [0.717, 1.165) is 6.42 Å². The van der Waals surface area contributed by atoms with Gasteiger partial charge in [-0.1, -0.05) is 32.9 Å². The van der Waals surface area contributed by atoms with Gasteiger partial charge in [0.15, 0.2) is 8.32 Å². The maximum Gasteiger partial charge on any atom is 0.308 e. The molecule has 2 N–H and O–H groups in total. The van der Waals surface area contributed by atoms with Gasteiger partial charge in [-0.05, 0) is 37.4 Å². The lowest BCUT2D eigenvalue weighted by molar-refractivity contribution is -0.161. The highest BCUT2D eigenvalue weighted by molar-refractivity contribution is 6.74. The number of aliphatic carboxylic acids is 1. The van der Waals surface area contributed by atoms with E-state index < -0.39 is 31.7 Å². The summed E-state index contributed by atoms with van der Waals surface area (Å²) in [6, 6.07) is 0. The van der Waals surface area contributed by atoms with Gasteiger partial charge in [0.05, 0.1) is 17.4 Å². The molecule has 0 saturated carbocycles. The number of rotatable bonds is 3. The van der Waals surface area contributed by atoms with Crippen LogP contribution in [0.3, 0.4) is 0 Å². The van der Waals surface area contributed by atoms with Crippen molar-refractivity contribution >= 4 is 20.2 Å². The topological polar surface area (TPSA) is 75.6 Å². The molecule has 5 nitrogen and oxygen atoms in total. The van der Waals surface area contributed by atoms with Crippen LogP contribution in [0.2, 0.25) is 18.1 Å². The van der Waals surface area contributed by atoms with E-state index in [1.165, 1.54) is 0 Å². The van der Waals surface area contributed by atoms with Crippen molar-refractivity contribution in [2.75, 3.05) is 6.54 Å². The zero-order chi connectivity index (χ0) is 17.5. The number of piperidine rings is 1. The SMILES string of the molecule is CC(C)(C)[Si](C)(C)O[C@@H]1C=CC[C@H](C(=O)O)[C@@]12CCCNC2=O. The standard InChI is InChI=1S/C17H29NO4Si/c1-16(2,3)23(4,5)22-13-9-6-8-12(14(19)20)17(13)10-7-11-18-15(17)21/h6,9,12-13H,7-8,10-11H2,1-5H3,(H,18,21)(H,19,20)/t12-,13-,17+/m1/s1. The van der Waals surface area contributed by atoms with Gasteiger partial charge in [0, 0.05) is 6.54 Å². The molecule has 1 aliphatic carbocycles. The number of carboxylic acids is 1. The fourth-order valence-electron chi connectivity index (χ4n) is 3.34. The van der Waals surface area contributed by atoms with Crippen molar-refractivity contribution in [3.8, 4) is 0 Å². The van der Waals surface area contributed by atoms with Gasteiger partial charge in [-0.3, -0.25) is 9.59 Å². The van der Waals surface area contributed by atoms with E-state index in [1.807, 2.05) is 12.2 Å². The molecule has 2 aliphatic rings. The zero-order valence-electron chi connectivity index (χ0n) is 14.8. The van der Waals surface area contributed by atoms with E-state index in [2.05, 4.69) is 39.2 Å². The Bertz CT molecular complexity index is 523. The average molecular weight is 340 g/mol. The summed E-state index contributed by atoms with van der Waals surface area (Å²) in [5.74, 6) is -1.79. The van der Waals surface area contributed by atoms with Crippen molar-refractivity contribution in [1.82, 2.24) is 5.32 Å². The molecule has 0 bridgehead atoms. The number of amides is 1. The predicted octanol–water partition coefficient (Wildman–Crippen LogP) is 2.93. The normalized spacial score (nSPS) is 32.0. The molecule has 0 aromatic heterocycles. The number of carbonyl (C=O) groups is 2. The molecule has 1 spiro atoms. The van der Waals surface area contributed by atoms with Crippen LogP contribution in [-0.4, -0.2) is 37.9 Å². The Balaban J connectivity index is 2.43. The Morgan fingerprint density at radius 3 is 2.61 bits per heavy atom. The van der Waals surface area contributed by atoms with E-state index in [0.29, 0.717) is 19.4 Å². The average Bonchev–Trinajstić information content (AvgIpc) is 2.42. The minimum absolute atomic E-state index is 0.00331. The van der Waals surface area contributed by atoms with Crippen LogP contribution in [0.5, 0.6) is 0 Å². The number of nitrogens with one attached hydrogen (secondary N) is 1. The molecular formula is C17H29NO4Si. The van der Waals surface area contributed by atoms with Crippen molar-refractivity contribution in [3.63, 3.8) is 0 Å². The summed E-state index contributed by atoms with van der Waals surface area (Å²) in [5.41, 5.74) is -0.978. The molecule has 3 atom stereocenters. The molecule has 6 heteroatoms. The molecule has 1 saturated heterocycles. The molecule has 0 unspecified atom stereocenters. The molecule has 130 valence electrons. The Kier molecular flexibility index (Phi) is 4.79. The highest BCUT2D eigenvalue weighted by Crippen LogP contribution is 2.48. The van der Waals surface area contributed by atoms with E-state index in [-0.39, 0.29) is 10.9 Å². The number of carbonyl (C=O) groups excluding carboxylic acids is 1. The summed E-state index contributed by atoms with van der Waals surface area (Å²) in [5, 5.41) is 12.6. The van der Waals surface area contributed by atoms with E-state index >= 15 is 0 Å². The number of hydrogen-bond donors (Lipinski definition) is 2. The minimum atomic E-state index is -2.12. The highest BCUT2D eigenvalue weighted by atomic mass is 28.4. The van der Waals surface area contributed by atoms with Gasteiger partial charge in [-0.2, -0.15) is 0 Å². The fourth-order valence-corrected chi connectivity index (χ4v) is 4.62. The summed E-state index contributed by atoms with van der Waals surface area (Å²) in [6.45, 7) is 11.3. The fraction of sp³-hybridized carbons (Fsp3) is 0.765. The van der Waals surface area contributed by atoms with E-state index in [9.17, 15) is 14.7 Å². The van der Waals surface area contributed by atoms with Crippen molar-refractivity contribution in [3.05, 3.63) is 12.2 Å². The van der Waals surface area contributed by atoms with Crippen LogP contribution in [0.1, 0.15) is 40.0 Å². The van der Waals surface area contributed by atoms with Crippen LogP contribution in [0, 0.1) is 11.3 Å². The van der Waals surface area contributed by atoms with Gasteiger partial charge in [0.1, 0.15) is 0 Å². The van der Waals surface area contributed by atoms with Crippen LogP contribution in [-0.2, 0) is 14.0 Å². The second-order valence-corrected chi connectivity index (χ2v) is 13.0. The number of carboxylic acid groups (broad SMARTS) is 1. The molecule has 0 aromatic rings. The zero-order valence-corrected chi connectivity index (χ0v) is 15.8. The quantitative estimate of drug-likeness (QED) is 0.612. The smallest absolute Gasteiger partial charge is 0.308 e. The molecule has 1 aliphatic heterocycles. The van der Waals surface area contributed by atoms with Gasteiger partial charge in [-0.25, -0.2) is 0 Å². The Morgan fingerprint density at radius 2 is 2.09 bits per heavy atom. The maximum atomic E-state index is 12.8. The number of allylic oxidation sites excluding steroid dienone is 1. The molecule has 1 amide bonds. The van der Waals surface area contributed by atoms with Gasteiger partial charge in [0.2, 0.25) is 5.91 Å². The first-order valence-corrected chi connectivity index (χ1v) is 11.3. The molecule has 23 heavy (non-hydrogen) atoms. The molecule has 0 radical (unpaired) electrons. The van der Waals surface area contributed by atoms with Crippen LogP contribution in [0.15, 0.2) is 12.2 Å². The minimum Gasteiger partial charge on any atom is -0.481 e. The second kappa shape index (κ2) is 6.05. The number of hydrogen-bond acceptors (Lipinski definition) is 3. The first kappa shape index (κ1) is 18.2. The van der Waals surface area contributed by atoms with Crippen LogP contribution in [0.25, 0.3) is 0 Å². The third-order valence-corrected chi connectivity index (χ3v) is 10.3. The van der Waals surface area contributed by atoms with Crippen LogP contribution >= 0.6 is 0 Å². The maximum absolute atomic E-state index is 12.8. The first-order valence-electron chi connectivity index (χ1n) is 8.38. The Morgan fingerprint density at radius 1 is 1.43 bits per heavy atom. The summed E-state index contributed by atoms with van der Waals surface area (Å²) in [7, 11) is -2.12. The van der Waals surface area contributed by atoms with Crippen molar-refractivity contribution < 1.29 is 19.1 Å². The van der Waals surface area contributed by atoms with Crippen molar-refractivity contribution in [2.45, 2.75) is 64.3 Å². The first-order chi connectivity index (χ1) is 10.5. The third-order valence-electron chi connectivity index (χ3n) is 5.81. The van der Waals surface area contributed by atoms with Gasteiger partial charge < -0.3 is 14.8 Å². The van der Waals surface area contributed by atoms with Gasteiger partial charge in [-0.15, -0.1) is 0 Å². The molecule has 1 fully saturated rings. The lowest BCUT2D eigenvalue weighted by atomic mass is 9.62. The van der Waals surface area contributed by atoms with E-state index in [1.54, 1.807) is 0 Å². The molecule has 1 heterocycles. The summed E-state index contributed by atoms with van der Waals surface area (Å²) in [4.78, 5) is 24.6. The lowest BCUT2D eigenvalue weighted by Gasteiger charge is -2.50. The summed E-state index contributed by atoms with van der Waals surface area (Å²) >= 11 is 0. The Hall–Kier alpha value is -1.14. The van der Waals surface area contributed by atoms with E-state index in [4.69, 9.17) is 4.43 Å². The third kappa shape index (κ3) is 3.11. The highest BCUT2D eigenvalue weighted by Gasteiger charge is 2.57. The van der Waals surface area contributed by atoms with Gasteiger partial charge in [0.25, 0.3) is 0 Å². The Labute approximate surface area is 139 Å². The molecule has 2 rings (SSSR count). The molecular weight excluding hydrogens is 310 g/mol. The summed E-state index contributed by atoms with van der Waals surface area (Å²) < 4.78 is 6.52. The van der Waals surface area contributed by atoms with Crippen LogP contribution in [0.4, 0.5) is 0 Å².